The maximum atomic E-state index is 12.6. The average molecular weight is 398 g/mol. The number of ether oxygens (including phenoxy) is 1. The van der Waals surface area contributed by atoms with Gasteiger partial charge in [0.2, 0.25) is 0 Å². The molecule has 7 heteroatoms. The predicted octanol–water partition coefficient (Wildman–Crippen LogP) is 3.04. The van der Waals surface area contributed by atoms with Crippen molar-refractivity contribution in [2.24, 2.45) is 0 Å². The zero-order valence-electron chi connectivity index (χ0n) is 14.8. The van der Waals surface area contributed by atoms with Crippen LogP contribution in [0.5, 0.6) is 5.75 Å². The molecule has 5 nitrogen and oxygen atoms in total. The van der Waals surface area contributed by atoms with Crippen LogP contribution in [0.4, 0.5) is 0 Å². The van der Waals surface area contributed by atoms with E-state index in [0.29, 0.717) is 12.3 Å². The summed E-state index contributed by atoms with van der Waals surface area (Å²) in [7, 11) is 0. The Morgan fingerprint density at radius 3 is 2.69 bits per heavy atom. The lowest BCUT2D eigenvalue weighted by molar-refractivity contribution is -0.136. The highest BCUT2D eigenvalue weighted by Gasteiger charge is 2.28. The summed E-state index contributed by atoms with van der Waals surface area (Å²) in [6.45, 7) is 4.44. The fourth-order valence-electron chi connectivity index (χ4n) is 2.94. The Morgan fingerprint density at radius 2 is 2.04 bits per heavy atom. The van der Waals surface area contributed by atoms with Gasteiger partial charge >= 0.3 is 0 Å². The second-order valence-corrected chi connectivity index (χ2v) is 5.88. The van der Waals surface area contributed by atoms with E-state index in [4.69, 9.17) is 4.74 Å². The van der Waals surface area contributed by atoms with Crippen molar-refractivity contribution >= 4 is 30.7 Å². The summed E-state index contributed by atoms with van der Waals surface area (Å²) in [6.07, 6.45) is 4.32. The molecule has 1 N–H and O–H groups in total. The molecule has 26 heavy (non-hydrogen) atoms. The van der Waals surface area contributed by atoms with Crippen molar-refractivity contribution in [1.82, 2.24) is 15.2 Å². The summed E-state index contributed by atoms with van der Waals surface area (Å²) in [6, 6.07) is 12.2. The molecule has 1 aromatic heterocycles. The molecule has 2 aromatic rings. The normalized spacial score (nSPS) is 16.2. The van der Waals surface area contributed by atoms with Gasteiger partial charge in [0, 0.05) is 25.8 Å². The molecule has 1 unspecified atom stereocenters. The Hall–Kier alpha value is -1.82. The summed E-state index contributed by atoms with van der Waals surface area (Å²) in [5, 5.41) is 3.38. The maximum Gasteiger partial charge on any atom is 0.261 e. The molecular formula is C19H25Cl2N3O2. The first kappa shape index (κ1) is 22.2. The van der Waals surface area contributed by atoms with Gasteiger partial charge in [-0.05, 0) is 29.7 Å². The number of amides is 1. The lowest BCUT2D eigenvalue weighted by atomic mass is 10.0. The van der Waals surface area contributed by atoms with Crippen molar-refractivity contribution in [3.63, 3.8) is 0 Å². The number of carbonyl (C=O) groups excluding carboxylic acids is 1. The zero-order valence-corrected chi connectivity index (χ0v) is 16.4. The number of pyridine rings is 1. The number of rotatable bonds is 5. The van der Waals surface area contributed by atoms with E-state index in [1.54, 1.807) is 24.5 Å². The minimum absolute atomic E-state index is 0. The monoisotopic (exact) mass is 397 g/mol. The molecule has 1 aromatic carbocycles. The van der Waals surface area contributed by atoms with Gasteiger partial charge in [0.15, 0.2) is 6.61 Å². The van der Waals surface area contributed by atoms with Gasteiger partial charge in [-0.15, -0.1) is 24.8 Å². The van der Waals surface area contributed by atoms with Gasteiger partial charge < -0.3 is 15.0 Å². The number of hydrogen-bond acceptors (Lipinski definition) is 4. The van der Waals surface area contributed by atoms with E-state index in [1.165, 1.54) is 5.56 Å². The number of benzene rings is 1. The van der Waals surface area contributed by atoms with E-state index in [9.17, 15) is 4.79 Å². The largest absolute Gasteiger partial charge is 0.482 e. The van der Waals surface area contributed by atoms with Crippen LogP contribution in [-0.4, -0.2) is 42.0 Å². The van der Waals surface area contributed by atoms with Crippen LogP contribution in [-0.2, 0) is 11.2 Å². The number of nitrogens with zero attached hydrogens (tertiary/aromatic N) is 2. The van der Waals surface area contributed by atoms with Crippen LogP contribution in [0.2, 0.25) is 0 Å². The third-order valence-electron chi connectivity index (χ3n) is 4.33. The molecule has 1 amide bonds. The fraction of sp³-hybridized carbons (Fsp3) is 0.368. The van der Waals surface area contributed by atoms with Gasteiger partial charge in [-0.3, -0.25) is 9.78 Å². The van der Waals surface area contributed by atoms with Crippen molar-refractivity contribution in [2.45, 2.75) is 19.4 Å². The summed E-state index contributed by atoms with van der Waals surface area (Å²) in [5.41, 5.74) is 2.47. The third-order valence-corrected chi connectivity index (χ3v) is 4.33. The van der Waals surface area contributed by atoms with E-state index < -0.39 is 0 Å². The topological polar surface area (TPSA) is 54.5 Å². The number of aryl methyl sites for hydroxylation is 1. The zero-order chi connectivity index (χ0) is 16.8. The van der Waals surface area contributed by atoms with Crippen LogP contribution in [0.25, 0.3) is 0 Å². The maximum absolute atomic E-state index is 12.6. The Labute approximate surface area is 167 Å². The molecule has 0 radical (unpaired) electrons. The first-order valence-electron chi connectivity index (χ1n) is 8.39. The summed E-state index contributed by atoms with van der Waals surface area (Å²) < 4.78 is 5.57. The Balaban J connectivity index is 0.00000169. The van der Waals surface area contributed by atoms with E-state index in [2.05, 4.69) is 41.5 Å². The number of nitrogens with one attached hydrogen (secondary N) is 1. The van der Waals surface area contributed by atoms with Crippen molar-refractivity contribution in [1.29, 1.82) is 0 Å². The smallest absolute Gasteiger partial charge is 0.261 e. The average Bonchev–Trinajstić information content (AvgIpc) is 2.67. The van der Waals surface area contributed by atoms with Gasteiger partial charge in [0.05, 0.1) is 12.2 Å². The van der Waals surface area contributed by atoms with Crippen molar-refractivity contribution in [3.8, 4) is 5.75 Å². The summed E-state index contributed by atoms with van der Waals surface area (Å²) in [4.78, 5) is 18.5. The first-order valence-corrected chi connectivity index (χ1v) is 8.39. The second-order valence-electron chi connectivity index (χ2n) is 5.88. The van der Waals surface area contributed by atoms with Crippen LogP contribution in [0.3, 0.4) is 0 Å². The van der Waals surface area contributed by atoms with Crippen molar-refractivity contribution < 1.29 is 9.53 Å². The van der Waals surface area contributed by atoms with E-state index in [1.807, 2.05) is 4.90 Å². The lowest BCUT2D eigenvalue weighted by Crippen LogP contribution is -2.50. The van der Waals surface area contributed by atoms with Gasteiger partial charge in [0.25, 0.3) is 5.91 Å². The molecule has 1 atom stereocenters. The molecule has 2 heterocycles. The molecule has 1 fully saturated rings. The first-order chi connectivity index (χ1) is 11.8. The SMILES string of the molecule is CCc1ccc(C2CNCCN2C(=O)COc2cccnc2)cc1.Cl.Cl. The minimum atomic E-state index is 0. The van der Waals surface area contributed by atoms with Gasteiger partial charge in [0.1, 0.15) is 5.75 Å². The molecule has 0 aliphatic carbocycles. The molecule has 1 aliphatic rings. The quantitative estimate of drug-likeness (QED) is 0.841. The van der Waals surface area contributed by atoms with Gasteiger partial charge in [-0.25, -0.2) is 0 Å². The molecule has 3 rings (SSSR count). The Bertz CT molecular complexity index is 668. The van der Waals surface area contributed by atoms with Crippen molar-refractivity contribution in [3.05, 3.63) is 59.9 Å². The molecule has 0 saturated carbocycles. The van der Waals surface area contributed by atoms with Crippen LogP contribution in [0.15, 0.2) is 48.8 Å². The molecule has 1 aliphatic heterocycles. The minimum Gasteiger partial charge on any atom is -0.482 e. The van der Waals surface area contributed by atoms with Crippen LogP contribution >= 0.6 is 24.8 Å². The van der Waals surface area contributed by atoms with Crippen LogP contribution in [0, 0.1) is 0 Å². The van der Waals surface area contributed by atoms with Crippen LogP contribution < -0.4 is 10.1 Å². The van der Waals surface area contributed by atoms with E-state index in [-0.39, 0.29) is 43.4 Å². The molecule has 0 spiro atoms. The highest BCUT2D eigenvalue weighted by Crippen LogP contribution is 2.23. The second kappa shape index (κ2) is 11.0. The molecular weight excluding hydrogens is 373 g/mol. The van der Waals surface area contributed by atoms with E-state index in [0.717, 1.165) is 25.1 Å². The summed E-state index contributed by atoms with van der Waals surface area (Å²) >= 11 is 0. The fourth-order valence-corrected chi connectivity index (χ4v) is 2.94. The number of carbonyl (C=O) groups is 1. The van der Waals surface area contributed by atoms with Crippen molar-refractivity contribution in [2.75, 3.05) is 26.2 Å². The Morgan fingerprint density at radius 1 is 1.27 bits per heavy atom. The highest BCUT2D eigenvalue weighted by molar-refractivity contribution is 5.85. The molecule has 0 bridgehead atoms. The van der Waals surface area contributed by atoms with E-state index >= 15 is 0 Å². The number of aromatic nitrogens is 1. The number of piperazine rings is 1. The number of halogens is 2. The highest BCUT2D eigenvalue weighted by atomic mass is 35.5. The third kappa shape index (κ3) is 5.59. The standard InChI is InChI=1S/C19H23N3O2.2ClH/c1-2-15-5-7-16(8-6-15)18-13-21-10-11-22(18)19(23)14-24-17-4-3-9-20-12-17;;/h3-9,12,18,21H,2,10-11,13-14H2,1H3;2*1H. The predicted molar refractivity (Wildman–Crippen MR) is 107 cm³/mol. The summed E-state index contributed by atoms with van der Waals surface area (Å²) in [5.74, 6) is 0.620. The van der Waals surface area contributed by atoms with Gasteiger partial charge in [-0.2, -0.15) is 0 Å². The van der Waals surface area contributed by atoms with Crippen LogP contribution in [0.1, 0.15) is 24.1 Å². The van der Waals surface area contributed by atoms with Gasteiger partial charge in [-0.1, -0.05) is 31.2 Å². The Kier molecular flexibility index (Phi) is 9.41. The number of hydrogen-bond donors (Lipinski definition) is 1. The molecule has 1 saturated heterocycles. The lowest BCUT2D eigenvalue weighted by Gasteiger charge is -2.36. The molecule has 142 valence electrons.